The molecule has 1 aliphatic heterocycles. The molecule has 5 nitrogen and oxygen atoms in total. The van der Waals surface area contributed by atoms with Gasteiger partial charge in [0.25, 0.3) is 5.92 Å². The summed E-state index contributed by atoms with van der Waals surface area (Å²) in [5.41, 5.74) is 2.28. The van der Waals surface area contributed by atoms with Gasteiger partial charge in [-0.05, 0) is 97.2 Å². The fourth-order valence-corrected chi connectivity index (χ4v) is 7.09. The number of hydrogen-bond donors (Lipinski definition) is 1. The quantitative estimate of drug-likeness (QED) is 0.212. The molecule has 2 heterocycles. The number of aliphatic imine (C=N–C) groups is 2. The molecular weight excluding hydrogens is 572 g/mol. The highest BCUT2D eigenvalue weighted by molar-refractivity contribution is 7.14. The van der Waals surface area contributed by atoms with Crippen LogP contribution in [0.25, 0.3) is 11.3 Å². The van der Waals surface area contributed by atoms with Gasteiger partial charge in [-0.1, -0.05) is 43.5 Å². The molecule has 2 saturated carbocycles. The topological polar surface area (TPSA) is 52.9 Å². The number of piperidine rings is 1. The molecule has 2 aliphatic carbocycles. The zero-order valence-corrected chi connectivity index (χ0v) is 27.9. The average molecular weight is 624 g/mol. The summed E-state index contributed by atoms with van der Waals surface area (Å²) in [6.45, 7) is 17.5. The lowest BCUT2D eigenvalue weighted by Crippen LogP contribution is -2.45. The number of thiazole rings is 1. The molecule has 0 bridgehead atoms. The highest BCUT2D eigenvalue weighted by Crippen LogP contribution is 2.39. The SMILES string of the molecule is C=CC1CC1.C=N/C=C\C(=N/CNC1CCCCC1)c1sc(C2CCN(C(C)(C)C)CC2)nc1-c1cccc(C(C)(F)F)c1. The van der Waals surface area contributed by atoms with E-state index in [0.29, 0.717) is 29.9 Å². The predicted molar refractivity (Wildman–Crippen MR) is 183 cm³/mol. The first-order chi connectivity index (χ1) is 21.0. The van der Waals surface area contributed by atoms with Crippen molar-refractivity contribution in [3.63, 3.8) is 0 Å². The van der Waals surface area contributed by atoms with Crippen molar-refractivity contribution in [3.05, 3.63) is 64.6 Å². The summed E-state index contributed by atoms with van der Waals surface area (Å²) in [6, 6.07) is 7.09. The Hall–Kier alpha value is -2.55. The van der Waals surface area contributed by atoms with Crippen molar-refractivity contribution in [1.29, 1.82) is 0 Å². The van der Waals surface area contributed by atoms with Crippen LogP contribution in [-0.4, -0.2) is 53.7 Å². The van der Waals surface area contributed by atoms with E-state index in [1.807, 2.05) is 18.2 Å². The summed E-state index contributed by atoms with van der Waals surface area (Å²) in [5, 5.41) is 4.64. The van der Waals surface area contributed by atoms with Crippen LogP contribution in [0.3, 0.4) is 0 Å². The zero-order valence-electron chi connectivity index (χ0n) is 27.1. The minimum absolute atomic E-state index is 0.0141. The molecule has 8 heteroatoms. The highest BCUT2D eigenvalue weighted by atomic mass is 32.1. The van der Waals surface area contributed by atoms with Crippen LogP contribution in [0.5, 0.6) is 0 Å². The van der Waals surface area contributed by atoms with Crippen LogP contribution in [0.4, 0.5) is 8.78 Å². The Bertz CT molecular complexity index is 1280. The van der Waals surface area contributed by atoms with E-state index in [1.165, 1.54) is 51.0 Å². The molecule has 0 unspecified atom stereocenters. The third-order valence-corrected chi connectivity index (χ3v) is 10.1. The smallest absolute Gasteiger partial charge is 0.270 e. The number of nitrogens with one attached hydrogen (secondary N) is 1. The van der Waals surface area contributed by atoms with Crippen molar-refractivity contribution in [1.82, 2.24) is 15.2 Å². The van der Waals surface area contributed by atoms with Crippen molar-refractivity contribution in [2.75, 3.05) is 19.8 Å². The van der Waals surface area contributed by atoms with Crippen molar-refractivity contribution < 1.29 is 8.78 Å². The van der Waals surface area contributed by atoms with Crippen LogP contribution in [0.15, 0.2) is 59.2 Å². The van der Waals surface area contributed by atoms with Gasteiger partial charge in [-0.25, -0.2) is 13.8 Å². The van der Waals surface area contributed by atoms with E-state index in [2.05, 4.69) is 49.3 Å². The van der Waals surface area contributed by atoms with Crippen LogP contribution in [0.2, 0.25) is 0 Å². The molecule has 44 heavy (non-hydrogen) atoms. The molecule has 0 amide bonds. The van der Waals surface area contributed by atoms with E-state index in [1.54, 1.807) is 29.7 Å². The Morgan fingerprint density at radius 2 is 1.77 bits per heavy atom. The molecule has 1 N–H and O–H groups in total. The Kier molecular flexibility index (Phi) is 12.2. The van der Waals surface area contributed by atoms with Crippen LogP contribution >= 0.6 is 11.3 Å². The van der Waals surface area contributed by atoms with Gasteiger partial charge in [0.2, 0.25) is 0 Å². The van der Waals surface area contributed by atoms with Crippen molar-refractivity contribution in [2.45, 2.75) is 109 Å². The van der Waals surface area contributed by atoms with E-state index < -0.39 is 5.92 Å². The molecule has 1 aromatic carbocycles. The standard InChI is InChI=1S/C31H43F2N5S.C5H8/c1-30(2,3)38-18-15-22(16-19-38)29-37-27(23-10-9-11-24(20-23)31(4,32)33)28(39-29)26(14-17-34-5)36-21-35-25-12-7-6-8-13-25;1-2-5-3-4-5/h9-11,14,17,20,22,25,35H,5-8,12-13,15-16,18-19,21H2,1-4H3;2,5H,1,3-4H2/b17-14-,36-26+;. The van der Waals surface area contributed by atoms with E-state index >= 15 is 0 Å². The molecule has 5 rings (SSSR count). The van der Waals surface area contributed by atoms with Gasteiger partial charge < -0.3 is 0 Å². The van der Waals surface area contributed by atoms with Crippen LogP contribution in [0.1, 0.15) is 107 Å². The summed E-state index contributed by atoms with van der Waals surface area (Å²) >= 11 is 1.64. The van der Waals surface area contributed by atoms with E-state index in [-0.39, 0.29) is 11.1 Å². The van der Waals surface area contributed by atoms with Gasteiger partial charge in [-0.2, -0.15) is 0 Å². The second kappa shape index (κ2) is 15.6. The Morgan fingerprint density at radius 1 is 1.07 bits per heavy atom. The maximum absolute atomic E-state index is 14.3. The highest BCUT2D eigenvalue weighted by Gasteiger charge is 2.31. The van der Waals surface area contributed by atoms with E-state index in [0.717, 1.165) is 54.4 Å². The first-order valence-corrected chi connectivity index (χ1v) is 17.1. The second-order valence-electron chi connectivity index (χ2n) is 13.4. The van der Waals surface area contributed by atoms with Crippen LogP contribution in [0, 0.1) is 5.92 Å². The van der Waals surface area contributed by atoms with Crippen molar-refractivity contribution in [3.8, 4) is 11.3 Å². The molecule has 0 atom stereocenters. The number of hydrogen-bond acceptors (Lipinski definition) is 6. The number of allylic oxidation sites excluding steroid dienone is 2. The second-order valence-corrected chi connectivity index (χ2v) is 14.5. The predicted octanol–water partition coefficient (Wildman–Crippen LogP) is 9.37. The van der Waals surface area contributed by atoms with Gasteiger partial charge in [-0.3, -0.25) is 20.2 Å². The number of alkyl halides is 2. The molecular formula is C36H51F2N5S. The molecule has 240 valence electrons. The lowest BCUT2D eigenvalue weighted by molar-refractivity contribution is 0.0175. The van der Waals surface area contributed by atoms with Gasteiger partial charge in [0, 0.05) is 41.7 Å². The minimum Gasteiger partial charge on any atom is -0.298 e. The number of benzene rings is 1. The fourth-order valence-electron chi connectivity index (χ4n) is 5.84. The van der Waals surface area contributed by atoms with Crippen molar-refractivity contribution >= 4 is 23.8 Å². The number of aromatic nitrogens is 1. The number of halogens is 2. The van der Waals surface area contributed by atoms with E-state index in [9.17, 15) is 8.78 Å². The summed E-state index contributed by atoms with van der Waals surface area (Å²) in [4.78, 5) is 17.4. The van der Waals surface area contributed by atoms with Crippen molar-refractivity contribution in [2.24, 2.45) is 15.9 Å². The molecule has 3 fully saturated rings. The fraction of sp³-hybridized carbons (Fsp3) is 0.583. The normalized spacial score (nSPS) is 19.5. The van der Waals surface area contributed by atoms with Gasteiger partial charge in [0.05, 0.1) is 28.0 Å². The lowest BCUT2D eigenvalue weighted by atomic mass is 9.93. The first-order valence-electron chi connectivity index (χ1n) is 16.3. The molecule has 3 aliphatic rings. The first kappa shape index (κ1) is 34.3. The van der Waals surface area contributed by atoms with Gasteiger partial charge in [-0.15, -0.1) is 17.9 Å². The number of nitrogens with zero attached hydrogens (tertiary/aromatic N) is 4. The molecule has 1 aromatic heterocycles. The maximum Gasteiger partial charge on any atom is 0.270 e. The Balaban J connectivity index is 0.000000802. The van der Waals surface area contributed by atoms with E-state index in [4.69, 9.17) is 9.98 Å². The Labute approximate surface area is 267 Å². The molecule has 0 spiro atoms. The summed E-state index contributed by atoms with van der Waals surface area (Å²) < 4.78 is 28.5. The maximum atomic E-state index is 14.3. The zero-order chi connectivity index (χ0) is 31.7. The van der Waals surface area contributed by atoms with Gasteiger partial charge in [0.15, 0.2) is 0 Å². The molecule has 0 radical (unpaired) electrons. The summed E-state index contributed by atoms with van der Waals surface area (Å²) in [6.07, 6.45) is 16.5. The molecule has 1 saturated heterocycles. The number of rotatable bonds is 10. The molecule has 2 aromatic rings. The summed E-state index contributed by atoms with van der Waals surface area (Å²) in [5.74, 6) is -1.70. The third-order valence-electron chi connectivity index (χ3n) is 8.84. The Morgan fingerprint density at radius 3 is 2.34 bits per heavy atom. The minimum atomic E-state index is -2.93. The summed E-state index contributed by atoms with van der Waals surface area (Å²) in [7, 11) is 0. The largest absolute Gasteiger partial charge is 0.298 e. The number of likely N-dealkylation sites (tertiary alicyclic amines) is 1. The van der Waals surface area contributed by atoms with Crippen LogP contribution < -0.4 is 5.32 Å². The van der Waals surface area contributed by atoms with Gasteiger partial charge in [0.1, 0.15) is 0 Å². The lowest BCUT2D eigenvalue weighted by Gasteiger charge is -2.40. The average Bonchev–Trinajstić information content (AvgIpc) is 3.76. The monoisotopic (exact) mass is 623 g/mol. The van der Waals surface area contributed by atoms with Crippen LogP contribution in [-0.2, 0) is 5.92 Å². The van der Waals surface area contributed by atoms with Gasteiger partial charge >= 0.3 is 0 Å². The third kappa shape index (κ3) is 9.98.